The Hall–Kier alpha value is -2.43. The SMILES string of the molecule is CN(c1ccc(OCC(=O)N=c2sccn2C)cc1)S(=O)(=O)c1cccs1. The number of carbonyl (C=O) groups is 1. The van der Waals surface area contributed by atoms with Crippen LogP contribution in [0.25, 0.3) is 0 Å². The van der Waals surface area contributed by atoms with E-state index >= 15 is 0 Å². The Morgan fingerprint density at radius 1 is 1.19 bits per heavy atom. The maximum Gasteiger partial charge on any atom is 0.286 e. The third-order valence-electron chi connectivity index (χ3n) is 3.65. The van der Waals surface area contributed by atoms with Crippen LogP contribution in [0, 0.1) is 0 Å². The van der Waals surface area contributed by atoms with Crippen molar-refractivity contribution in [2.24, 2.45) is 12.0 Å². The van der Waals surface area contributed by atoms with Crippen LogP contribution in [0.4, 0.5) is 5.69 Å². The molecule has 10 heteroatoms. The molecule has 0 saturated carbocycles. The van der Waals surface area contributed by atoms with E-state index in [1.54, 1.807) is 46.3 Å². The van der Waals surface area contributed by atoms with Gasteiger partial charge in [0.05, 0.1) is 5.69 Å². The van der Waals surface area contributed by atoms with Crippen LogP contribution < -0.4 is 13.8 Å². The van der Waals surface area contributed by atoms with Crippen LogP contribution in [0.5, 0.6) is 5.75 Å². The Morgan fingerprint density at radius 2 is 1.93 bits per heavy atom. The van der Waals surface area contributed by atoms with Gasteiger partial charge in [0.15, 0.2) is 11.4 Å². The van der Waals surface area contributed by atoms with Crippen LogP contribution in [0.15, 0.2) is 62.6 Å². The van der Waals surface area contributed by atoms with Crippen molar-refractivity contribution in [1.29, 1.82) is 0 Å². The lowest BCUT2D eigenvalue weighted by molar-refractivity contribution is -0.120. The van der Waals surface area contributed by atoms with Gasteiger partial charge in [0, 0.05) is 25.7 Å². The van der Waals surface area contributed by atoms with E-state index in [1.807, 2.05) is 18.6 Å². The molecule has 0 aliphatic carbocycles. The second kappa shape index (κ2) is 8.07. The number of aromatic nitrogens is 1. The zero-order valence-electron chi connectivity index (χ0n) is 14.6. The van der Waals surface area contributed by atoms with Gasteiger partial charge in [0.2, 0.25) is 0 Å². The van der Waals surface area contributed by atoms with Crippen LogP contribution in [0.3, 0.4) is 0 Å². The molecule has 0 spiro atoms. The van der Waals surface area contributed by atoms with Crippen LogP contribution in [0.1, 0.15) is 0 Å². The number of aryl methyl sites for hydroxylation is 1. The molecule has 3 rings (SSSR count). The van der Waals surface area contributed by atoms with E-state index in [2.05, 4.69) is 4.99 Å². The Balaban J connectivity index is 1.65. The number of ether oxygens (including phenoxy) is 1. The lowest BCUT2D eigenvalue weighted by Crippen LogP contribution is -2.25. The largest absolute Gasteiger partial charge is 0.484 e. The van der Waals surface area contributed by atoms with Gasteiger partial charge in [-0.05, 0) is 35.7 Å². The van der Waals surface area contributed by atoms with Gasteiger partial charge in [-0.3, -0.25) is 9.10 Å². The normalized spacial score (nSPS) is 12.1. The van der Waals surface area contributed by atoms with Gasteiger partial charge in [0.25, 0.3) is 15.9 Å². The second-order valence-electron chi connectivity index (χ2n) is 5.49. The second-order valence-corrected chi connectivity index (χ2v) is 9.51. The number of nitrogens with zero attached hydrogens (tertiary/aromatic N) is 3. The molecule has 7 nitrogen and oxygen atoms in total. The predicted octanol–water partition coefficient (Wildman–Crippen LogP) is 2.48. The van der Waals surface area contributed by atoms with Gasteiger partial charge >= 0.3 is 0 Å². The molecule has 0 bridgehead atoms. The molecule has 2 heterocycles. The summed E-state index contributed by atoms with van der Waals surface area (Å²) in [5.41, 5.74) is 0.498. The summed E-state index contributed by atoms with van der Waals surface area (Å²) in [6.45, 7) is -0.194. The first-order chi connectivity index (χ1) is 12.9. The molecular weight excluding hydrogens is 406 g/mol. The zero-order chi connectivity index (χ0) is 19.4. The van der Waals surface area contributed by atoms with Crippen LogP contribution in [-0.4, -0.2) is 32.5 Å². The van der Waals surface area contributed by atoms with E-state index in [1.165, 1.54) is 34.0 Å². The molecule has 0 aliphatic heterocycles. The summed E-state index contributed by atoms with van der Waals surface area (Å²) in [7, 11) is -0.277. The topological polar surface area (TPSA) is 81.0 Å². The first-order valence-corrected chi connectivity index (χ1v) is 11.0. The molecule has 0 fully saturated rings. The van der Waals surface area contributed by atoms with Crippen molar-refractivity contribution in [2.45, 2.75) is 4.21 Å². The van der Waals surface area contributed by atoms with Crippen LogP contribution in [-0.2, 0) is 21.9 Å². The average Bonchev–Trinajstić information content (AvgIpc) is 3.33. The number of hydrogen-bond donors (Lipinski definition) is 0. The maximum absolute atomic E-state index is 12.5. The Morgan fingerprint density at radius 3 is 2.52 bits per heavy atom. The molecule has 0 unspecified atom stereocenters. The molecule has 3 aromatic rings. The zero-order valence-corrected chi connectivity index (χ0v) is 17.1. The maximum atomic E-state index is 12.5. The number of sulfonamides is 1. The number of thiazole rings is 1. The number of hydrogen-bond acceptors (Lipinski definition) is 6. The van der Waals surface area contributed by atoms with Crippen molar-refractivity contribution in [2.75, 3.05) is 18.0 Å². The summed E-state index contributed by atoms with van der Waals surface area (Å²) in [5.74, 6) is 0.0642. The summed E-state index contributed by atoms with van der Waals surface area (Å²) in [4.78, 5) is 16.5. The van der Waals surface area contributed by atoms with Gasteiger partial charge in [-0.25, -0.2) is 8.42 Å². The summed E-state index contributed by atoms with van der Waals surface area (Å²) < 4.78 is 33.7. The molecule has 0 N–H and O–H groups in total. The van der Waals surface area contributed by atoms with E-state index < -0.39 is 15.9 Å². The lowest BCUT2D eigenvalue weighted by atomic mass is 10.3. The number of amides is 1. The first-order valence-electron chi connectivity index (χ1n) is 7.81. The highest BCUT2D eigenvalue weighted by Gasteiger charge is 2.22. The van der Waals surface area contributed by atoms with E-state index in [-0.39, 0.29) is 10.8 Å². The lowest BCUT2D eigenvalue weighted by Gasteiger charge is -2.18. The predicted molar refractivity (Wildman–Crippen MR) is 106 cm³/mol. The van der Waals surface area contributed by atoms with Crippen molar-refractivity contribution < 1.29 is 17.9 Å². The van der Waals surface area contributed by atoms with Crippen molar-refractivity contribution in [1.82, 2.24) is 4.57 Å². The van der Waals surface area contributed by atoms with Crippen molar-refractivity contribution in [3.8, 4) is 5.75 Å². The summed E-state index contributed by atoms with van der Waals surface area (Å²) in [6.07, 6.45) is 1.82. The van der Waals surface area contributed by atoms with Gasteiger partial charge in [-0.1, -0.05) is 6.07 Å². The number of benzene rings is 1. The fourth-order valence-electron chi connectivity index (χ4n) is 2.15. The molecule has 27 heavy (non-hydrogen) atoms. The third kappa shape index (κ3) is 4.46. The van der Waals surface area contributed by atoms with E-state index in [0.717, 1.165) is 0 Å². The Kier molecular flexibility index (Phi) is 5.78. The van der Waals surface area contributed by atoms with Gasteiger partial charge in [-0.2, -0.15) is 4.99 Å². The Bertz CT molecular complexity index is 1080. The minimum atomic E-state index is -3.58. The quantitative estimate of drug-likeness (QED) is 0.610. The Labute approximate surface area is 164 Å². The molecule has 0 aliphatic rings. The van der Waals surface area contributed by atoms with E-state index in [0.29, 0.717) is 16.2 Å². The molecular formula is C17H17N3O4S3. The van der Waals surface area contributed by atoms with Crippen LogP contribution >= 0.6 is 22.7 Å². The van der Waals surface area contributed by atoms with Gasteiger partial charge in [0.1, 0.15) is 9.96 Å². The van der Waals surface area contributed by atoms with E-state index in [9.17, 15) is 13.2 Å². The monoisotopic (exact) mass is 423 g/mol. The molecule has 0 saturated heterocycles. The highest BCUT2D eigenvalue weighted by Crippen LogP contribution is 2.26. The number of carbonyl (C=O) groups excluding carboxylic acids is 1. The molecule has 0 atom stereocenters. The smallest absolute Gasteiger partial charge is 0.286 e. The summed E-state index contributed by atoms with van der Waals surface area (Å²) in [5, 5.41) is 3.56. The van der Waals surface area contributed by atoms with Gasteiger partial charge in [-0.15, -0.1) is 22.7 Å². The molecule has 2 aromatic heterocycles. The van der Waals surface area contributed by atoms with Gasteiger partial charge < -0.3 is 9.30 Å². The minimum Gasteiger partial charge on any atom is -0.484 e. The first kappa shape index (κ1) is 19.3. The minimum absolute atomic E-state index is 0.194. The number of thiophene rings is 1. The molecule has 1 amide bonds. The standard InChI is InChI=1S/C17H17N3O4S3/c1-19-9-11-26-17(19)18-15(21)12-24-14-7-5-13(6-8-14)20(2)27(22,23)16-4-3-10-25-16/h3-11H,12H2,1-2H3. The third-order valence-corrected chi connectivity index (χ3v) is 7.66. The van der Waals surface area contributed by atoms with Crippen molar-refractivity contribution in [3.05, 3.63) is 58.2 Å². The fourth-order valence-corrected chi connectivity index (χ4v) is 5.26. The van der Waals surface area contributed by atoms with Crippen molar-refractivity contribution >= 4 is 44.3 Å². The number of anilines is 1. The molecule has 0 radical (unpaired) electrons. The van der Waals surface area contributed by atoms with Crippen molar-refractivity contribution in [3.63, 3.8) is 0 Å². The average molecular weight is 424 g/mol. The van der Waals surface area contributed by atoms with Crippen LogP contribution in [0.2, 0.25) is 0 Å². The number of rotatable bonds is 6. The highest BCUT2D eigenvalue weighted by atomic mass is 32.2. The fraction of sp³-hybridized carbons (Fsp3) is 0.176. The highest BCUT2D eigenvalue weighted by molar-refractivity contribution is 7.94. The van der Waals surface area contributed by atoms with E-state index in [4.69, 9.17) is 4.74 Å². The summed E-state index contributed by atoms with van der Waals surface area (Å²) >= 11 is 2.53. The molecule has 142 valence electrons. The molecule has 1 aromatic carbocycles. The summed E-state index contributed by atoms with van der Waals surface area (Å²) in [6, 6.07) is 9.75.